The molecule has 0 bridgehead atoms. The molecule has 2 nitrogen and oxygen atoms in total. The maximum Gasteiger partial charge on any atom is 0.302 e. The molecule has 0 rings (SSSR count). The standard InChI is InChI=1S/C13H24O2/c1-3-4-5-6-7-8-9-10-11-12-15-13(2)14/h4-5H,3,6-12H2,1-2H3/b5-4+. The lowest BCUT2D eigenvalue weighted by atomic mass is 10.1. The zero-order valence-corrected chi connectivity index (χ0v) is 10.1. The zero-order valence-electron chi connectivity index (χ0n) is 10.1. The molecule has 0 unspecified atom stereocenters. The molecule has 2 heteroatoms. The largest absolute Gasteiger partial charge is 0.466 e. The highest BCUT2D eigenvalue weighted by Crippen LogP contribution is 2.06. The number of hydrogen-bond donors (Lipinski definition) is 0. The summed E-state index contributed by atoms with van der Waals surface area (Å²) in [5.74, 6) is -0.167. The highest BCUT2D eigenvalue weighted by molar-refractivity contribution is 5.65. The van der Waals surface area contributed by atoms with Crippen LogP contribution in [0.4, 0.5) is 0 Å². The van der Waals surface area contributed by atoms with Gasteiger partial charge in [0.1, 0.15) is 0 Å². The third kappa shape index (κ3) is 13.2. The number of carbonyl (C=O) groups excluding carboxylic acids is 1. The summed E-state index contributed by atoms with van der Waals surface area (Å²) in [4.78, 5) is 10.4. The van der Waals surface area contributed by atoms with Gasteiger partial charge in [0.2, 0.25) is 0 Å². The van der Waals surface area contributed by atoms with E-state index in [0.717, 1.165) is 12.8 Å². The van der Waals surface area contributed by atoms with Gasteiger partial charge < -0.3 is 4.74 Å². The van der Waals surface area contributed by atoms with E-state index < -0.39 is 0 Å². The summed E-state index contributed by atoms with van der Waals surface area (Å²) in [6.07, 6.45) is 12.8. The first-order chi connectivity index (χ1) is 7.27. The van der Waals surface area contributed by atoms with Crippen LogP contribution in [0.15, 0.2) is 12.2 Å². The SMILES string of the molecule is CC/C=C/CCCCCCCOC(C)=O. The van der Waals surface area contributed by atoms with Crippen LogP contribution in [0.3, 0.4) is 0 Å². The second-order valence-electron chi connectivity index (χ2n) is 3.78. The maximum atomic E-state index is 10.4. The third-order valence-electron chi connectivity index (χ3n) is 2.22. The van der Waals surface area contributed by atoms with Crippen LogP contribution in [0.2, 0.25) is 0 Å². The van der Waals surface area contributed by atoms with Crippen LogP contribution in [-0.4, -0.2) is 12.6 Å². The minimum atomic E-state index is -0.167. The summed E-state index contributed by atoms with van der Waals surface area (Å²) in [6, 6.07) is 0. The fourth-order valence-corrected chi connectivity index (χ4v) is 1.39. The van der Waals surface area contributed by atoms with E-state index in [4.69, 9.17) is 4.74 Å². The lowest BCUT2D eigenvalue weighted by molar-refractivity contribution is -0.141. The average Bonchev–Trinajstić information content (AvgIpc) is 2.20. The Balaban J connectivity index is 2.99. The van der Waals surface area contributed by atoms with Gasteiger partial charge in [0, 0.05) is 6.92 Å². The monoisotopic (exact) mass is 212 g/mol. The highest BCUT2D eigenvalue weighted by atomic mass is 16.5. The van der Waals surface area contributed by atoms with E-state index in [2.05, 4.69) is 19.1 Å². The molecule has 15 heavy (non-hydrogen) atoms. The predicted octanol–water partition coefficient (Wildman–Crippen LogP) is 3.86. The van der Waals surface area contributed by atoms with Crippen molar-refractivity contribution in [1.29, 1.82) is 0 Å². The van der Waals surface area contributed by atoms with Gasteiger partial charge in [-0.1, -0.05) is 38.3 Å². The van der Waals surface area contributed by atoms with Crippen molar-refractivity contribution in [2.45, 2.75) is 58.8 Å². The van der Waals surface area contributed by atoms with E-state index in [1.54, 1.807) is 0 Å². The fourth-order valence-electron chi connectivity index (χ4n) is 1.39. The molecular formula is C13H24O2. The first-order valence-corrected chi connectivity index (χ1v) is 6.05. The summed E-state index contributed by atoms with van der Waals surface area (Å²) >= 11 is 0. The number of allylic oxidation sites excluding steroid dienone is 2. The van der Waals surface area contributed by atoms with E-state index in [-0.39, 0.29) is 5.97 Å². The van der Waals surface area contributed by atoms with Crippen LogP contribution in [-0.2, 0) is 9.53 Å². The number of esters is 1. The molecule has 0 amide bonds. The molecule has 0 aromatic carbocycles. The van der Waals surface area contributed by atoms with Crippen LogP contribution in [0.5, 0.6) is 0 Å². The summed E-state index contributed by atoms with van der Waals surface area (Å²) in [5.41, 5.74) is 0. The molecule has 0 atom stereocenters. The van der Waals surface area contributed by atoms with E-state index in [9.17, 15) is 4.79 Å². The Morgan fingerprint density at radius 2 is 1.73 bits per heavy atom. The number of ether oxygens (including phenoxy) is 1. The molecule has 0 saturated carbocycles. The minimum absolute atomic E-state index is 0.167. The van der Waals surface area contributed by atoms with Crippen molar-refractivity contribution < 1.29 is 9.53 Å². The van der Waals surface area contributed by atoms with Crippen molar-refractivity contribution in [3.05, 3.63) is 12.2 Å². The lowest BCUT2D eigenvalue weighted by Gasteiger charge is -2.01. The van der Waals surface area contributed by atoms with E-state index in [1.807, 2.05) is 0 Å². The first-order valence-electron chi connectivity index (χ1n) is 6.05. The molecule has 0 radical (unpaired) electrons. The summed E-state index contributed by atoms with van der Waals surface area (Å²) in [5, 5.41) is 0. The molecular weight excluding hydrogens is 188 g/mol. The van der Waals surface area contributed by atoms with Gasteiger partial charge in [0.25, 0.3) is 0 Å². The number of hydrogen-bond acceptors (Lipinski definition) is 2. The molecule has 88 valence electrons. The van der Waals surface area contributed by atoms with Gasteiger partial charge in [-0.2, -0.15) is 0 Å². The molecule has 0 N–H and O–H groups in total. The smallest absolute Gasteiger partial charge is 0.302 e. The lowest BCUT2D eigenvalue weighted by Crippen LogP contribution is -1.99. The van der Waals surface area contributed by atoms with Crippen molar-refractivity contribution in [2.24, 2.45) is 0 Å². The van der Waals surface area contributed by atoms with Gasteiger partial charge in [0.05, 0.1) is 6.61 Å². The maximum absolute atomic E-state index is 10.4. The molecule has 0 aliphatic carbocycles. The Morgan fingerprint density at radius 1 is 1.07 bits per heavy atom. The van der Waals surface area contributed by atoms with Crippen molar-refractivity contribution >= 4 is 5.97 Å². The van der Waals surface area contributed by atoms with Crippen LogP contribution < -0.4 is 0 Å². The van der Waals surface area contributed by atoms with Gasteiger partial charge >= 0.3 is 5.97 Å². The molecule has 0 fully saturated rings. The van der Waals surface area contributed by atoms with E-state index >= 15 is 0 Å². The number of rotatable bonds is 9. The van der Waals surface area contributed by atoms with Gasteiger partial charge in [-0.25, -0.2) is 0 Å². The van der Waals surface area contributed by atoms with Crippen LogP contribution >= 0.6 is 0 Å². The first kappa shape index (κ1) is 14.2. The number of unbranched alkanes of at least 4 members (excludes halogenated alkanes) is 5. The molecule has 0 heterocycles. The van der Waals surface area contributed by atoms with Crippen molar-refractivity contribution in [3.8, 4) is 0 Å². The summed E-state index contributed by atoms with van der Waals surface area (Å²) < 4.78 is 4.85. The third-order valence-corrected chi connectivity index (χ3v) is 2.22. The van der Waals surface area contributed by atoms with Crippen molar-refractivity contribution in [1.82, 2.24) is 0 Å². The Kier molecular flexibility index (Phi) is 10.7. The van der Waals surface area contributed by atoms with Gasteiger partial charge in [0.15, 0.2) is 0 Å². The Hall–Kier alpha value is -0.790. The molecule has 0 saturated heterocycles. The fraction of sp³-hybridized carbons (Fsp3) is 0.769. The van der Waals surface area contributed by atoms with Gasteiger partial charge in [-0.05, 0) is 25.7 Å². The van der Waals surface area contributed by atoms with Crippen LogP contribution in [0, 0.1) is 0 Å². The van der Waals surface area contributed by atoms with Crippen LogP contribution in [0.25, 0.3) is 0 Å². The van der Waals surface area contributed by atoms with Crippen molar-refractivity contribution in [3.63, 3.8) is 0 Å². The second-order valence-corrected chi connectivity index (χ2v) is 3.78. The molecule has 0 aromatic rings. The van der Waals surface area contributed by atoms with E-state index in [1.165, 1.54) is 39.0 Å². The Morgan fingerprint density at radius 3 is 2.40 bits per heavy atom. The highest BCUT2D eigenvalue weighted by Gasteiger charge is 1.93. The van der Waals surface area contributed by atoms with Crippen LogP contribution in [0.1, 0.15) is 58.8 Å². The number of carbonyl (C=O) groups is 1. The Bertz CT molecular complexity index is 173. The second kappa shape index (κ2) is 11.3. The summed E-state index contributed by atoms with van der Waals surface area (Å²) in [7, 11) is 0. The zero-order chi connectivity index (χ0) is 11.4. The van der Waals surface area contributed by atoms with Gasteiger partial charge in [-0.3, -0.25) is 4.79 Å². The average molecular weight is 212 g/mol. The molecule has 0 aliphatic rings. The topological polar surface area (TPSA) is 26.3 Å². The Labute approximate surface area is 93.7 Å². The normalized spacial score (nSPS) is 10.8. The molecule has 0 spiro atoms. The van der Waals surface area contributed by atoms with Crippen molar-refractivity contribution in [2.75, 3.05) is 6.61 Å². The quantitative estimate of drug-likeness (QED) is 0.329. The minimum Gasteiger partial charge on any atom is -0.466 e. The molecule has 0 aliphatic heterocycles. The molecule has 0 aromatic heterocycles. The predicted molar refractivity (Wildman–Crippen MR) is 63.8 cm³/mol. The van der Waals surface area contributed by atoms with Gasteiger partial charge in [-0.15, -0.1) is 0 Å². The summed E-state index contributed by atoms with van der Waals surface area (Å²) in [6.45, 7) is 4.21. The van der Waals surface area contributed by atoms with E-state index in [0.29, 0.717) is 6.61 Å².